The fourth-order valence-corrected chi connectivity index (χ4v) is 5.93. The van der Waals surface area contributed by atoms with Gasteiger partial charge in [0.05, 0.1) is 11.3 Å². The zero-order valence-electron chi connectivity index (χ0n) is 20.3. The SMILES string of the molecule is C(=C(C1C=CC=C1)C1C=CC=C1)=C(C1C=CC=C1)C(C#CC1C=CC=C1)(C1C=CC=C1)C1C=CC=C1. The summed E-state index contributed by atoms with van der Waals surface area (Å²) in [6.07, 6.45) is 53.2. The van der Waals surface area contributed by atoms with E-state index in [1.807, 2.05) is 0 Å². The van der Waals surface area contributed by atoms with Crippen molar-refractivity contribution in [2.45, 2.75) is 0 Å². The maximum atomic E-state index is 4.10. The van der Waals surface area contributed by atoms with E-state index in [1.54, 1.807) is 0 Å². The second kappa shape index (κ2) is 9.91. The van der Waals surface area contributed by atoms with Gasteiger partial charge in [-0.2, -0.15) is 0 Å². The van der Waals surface area contributed by atoms with Gasteiger partial charge in [-0.15, -0.1) is 5.73 Å². The highest BCUT2D eigenvalue weighted by atomic mass is 14.5. The molecule has 174 valence electrons. The molecule has 0 heteroatoms. The van der Waals surface area contributed by atoms with Gasteiger partial charge >= 0.3 is 0 Å². The molecule has 0 amide bonds. The molecule has 6 rings (SSSR count). The zero-order valence-corrected chi connectivity index (χ0v) is 20.3. The summed E-state index contributed by atoms with van der Waals surface area (Å²) in [4.78, 5) is 0. The third-order valence-electron chi connectivity index (χ3n) is 7.76. The maximum Gasteiger partial charge on any atom is 0.0799 e. The molecular formula is C36H30. The second-order valence-electron chi connectivity index (χ2n) is 9.91. The number of rotatable bonds is 6. The van der Waals surface area contributed by atoms with Crippen LogP contribution in [-0.2, 0) is 0 Å². The van der Waals surface area contributed by atoms with Gasteiger partial charge in [0.1, 0.15) is 0 Å². The Bertz CT molecular complexity index is 1270. The highest BCUT2D eigenvalue weighted by molar-refractivity contribution is 5.50. The minimum atomic E-state index is -0.454. The molecule has 0 bridgehead atoms. The minimum Gasteiger partial charge on any atom is -0.118 e. The van der Waals surface area contributed by atoms with Crippen molar-refractivity contribution in [3.63, 3.8) is 0 Å². The summed E-state index contributed by atoms with van der Waals surface area (Å²) < 4.78 is 0. The largest absolute Gasteiger partial charge is 0.118 e. The Kier molecular flexibility index (Phi) is 6.17. The Morgan fingerprint density at radius 3 is 1.31 bits per heavy atom. The van der Waals surface area contributed by atoms with E-state index in [-0.39, 0.29) is 35.5 Å². The van der Waals surface area contributed by atoms with Crippen LogP contribution in [0.2, 0.25) is 0 Å². The van der Waals surface area contributed by atoms with Gasteiger partial charge in [-0.05, 0) is 5.57 Å². The molecule has 0 radical (unpaired) electrons. The molecule has 36 heavy (non-hydrogen) atoms. The lowest BCUT2D eigenvalue weighted by Gasteiger charge is -2.40. The van der Waals surface area contributed by atoms with Crippen molar-refractivity contribution in [1.82, 2.24) is 0 Å². The van der Waals surface area contributed by atoms with Gasteiger partial charge in [-0.3, -0.25) is 0 Å². The average molecular weight is 463 g/mol. The number of hydrogen-bond acceptors (Lipinski definition) is 0. The molecule has 0 nitrogen and oxygen atoms in total. The molecule has 0 aliphatic heterocycles. The Balaban J connectivity index is 1.65. The van der Waals surface area contributed by atoms with Gasteiger partial charge in [-0.25, -0.2) is 0 Å². The first kappa shape index (κ1) is 22.4. The van der Waals surface area contributed by atoms with Crippen LogP contribution in [0.25, 0.3) is 0 Å². The molecule has 0 aromatic carbocycles. The van der Waals surface area contributed by atoms with Crippen molar-refractivity contribution in [1.29, 1.82) is 0 Å². The molecule has 0 heterocycles. The van der Waals surface area contributed by atoms with Crippen LogP contribution in [0.5, 0.6) is 0 Å². The lowest BCUT2D eigenvalue weighted by atomic mass is 9.60. The molecule has 0 aromatic rings. The summed E-state index contributed by atoms with van der Waals surface area (Å²) in [5.74, 6) is 8.66. The van der Waals surface area contributed by atoms with Crippen LogP contribution in [0.1, 0.15) is 0 Å². The van der Waals surface area contributed by atoms with Crippen molar-refractivity contribution >= 4 is 0 Å². The molecule has 6 aliphatic rings. The van der Waals surface area contributed by atoms with E-state index in [2.05, 4.69) is 163 Å². The van der Waals surface area contributed by atoms with E-state index in [1.165, 1.54) is 11.1 Å². The predicted octanol–water partition coefficient (Wildman–Crippen LogP) is 7.88. The summed E-state index contributed by atoms with van der Waals surface area (Å²) in [7, 11) is 0. The summed E-state index contributed by atoms with van der Waals surface area (Å²) in [6.45, 7) is 0. The van der Waals surface area contributed by atoms with E-state index < -0.39 is 5.41 Å². The van der Waals surface area contributed by atoms with Gasteiger partial charge in [0, 0.05) is 35.2 Å². The molecule has 0 atom stereocenters. The summed E-state index contributed by atoms with van der Waals surface area (Å²) >= 11 is 0. The van der Waals surface area contributed by atoms with E-state index in [0.717, 1.165) is 0 Å². The molecule has 0 saturated carbocycles. The molecular weight excluding hydrogens is 432 g/mol. The van der Waals surface area contributed by atoms with Gasteiger partial charge in [0.25, 0.3) is 0 Å². The molecule has 0 N–H and O–H groups in total. The van der Waals surface area contributed by atoms with Crippen molar-refractivity contribution in [2.24, 2.45) is 40.9 Å². The Hall–Kier alpha value is -4.04. The van der Waals surface area contributed by atoms with Crippen LogP contribution in [-0.4, -0.2) is 0 Å². The monoisotopic (exact) mass is 462 g/mol. The molecule has 0 fully saturated rings. The first-order valence-corrected chi connectivity index (χ1v) is 13.0. The van der Waals surface area contributed by atoms with E-state index in [0.29, 0.717) is 0 Å². The van der Waals surface area contributed by atoms with Gasteiger partial charge in [0.15, 0.2) is 0 Å². The third-order valence-corrected chi connectivity index (χ3v) is 7.76. The predicted molar refractivity (Wildman–Crippen MR) is 151 cm³/mol. The van der Waals surface area contributed by atoms with Gasteiger partial charge < -0.3 is 0 Å². The Morgan fingerprint density at radius 1 is 0.444 bits per heavy atom. The summed E-state index contributed by atoms with van der Waals surface area (Å²) in [5, 5.41) is 0. The smallest absolute Gasteiger partial charge is 0.0799 e. The van der Waals surface area contributed by atoms with Crippen LogP contribution in [0.15, 0.2) is 163 Å². The standard InChI is InChI=1S/C36H30/c1-2-14-28(13-1)25-26-36(32-21-9-10-22-32,33-23-11-12-24-33)35(31-19-7-8-20-31)27-34(29-15-3-4-16-29)30-17-5-6-18-30/h1-24,28-33H. The van der Waals surface area contributed by atoms with E-state index in [4.69, 9.17) is 0 Å². The van der Waals surface area contributed by atoms with Gasteiger partial charge in [0.2, 0.25) is 0 Å². The quantitative estimate of drug-likeness (QED) is 0.278. The van der Waals surface area contributed by atoms with Crippen molar-refractivity contribution in [3.05, 3.63) is 163 Å². The molecule has 0 spiro atoms. The third kappa shape index (κ3) is 4.13. The highest BCUT2D eigenvalue weighted by Gasteiger charge is 2.47. The average Bonchev–Trinajstić information content (AvgIpc) is 3.78. The topological polar surface area (TPSA) is 0 Å². The van der Waals surface area contributed by atoms with Crippen LogP contribution < -0.4 is 0 Å². The van der Waals surface area contributed by atoms with Crippen molar-refractivity contribution in [2.75, 3.05) is 0 Å². The molecule has 0 aromatic heterocycles. The number of hydrogen-bond donors (Lipinski definition) is 0. The van der Waals surface area contributed by atoms with Crippen molar-refractivity contribution in [3.8, 4) is 11.8 Å². The first-order chi connectivity index (χ1) is 17.8. The van der Waals surface area contributed by atoms with Crippen LogP contribution in [0, 0.1) is 52.8 Å². The molecule has 0 unspecified atom stereocenters. The van der Waals surface area contributed by atoms with Gasteiger partial charge in [-0.1, -0.05) is 158 Å². The second-order valence-corrected chi connectivity index (χ2v) is 9.91. The fourth-order valence-electron chi connectivity index (χ4n) is 5.93. The highest BCUT2D eigenvalue weighted by Crippen LogP contribution is 2.51. The molecule has 6 aliphatic carbocycles. The van der Waals surface area contributed by atoms with Crippen molar-refractivity contribution < 1.29 is 0 Å². The minimum absolute atomic E-state index is 0.147. The first-order valence-electron chi connectivity index (χ1n) is 13.0. The van der Waals surface area contributed by atoms with Crippen LogP contribution in [0.4, 0.5) is 0 Å². The van der Waals surface area contributed by atoms with E-state index in [9.17, 15) is 0 Å². The maximum absolute atomic E-state index is 4.10. The van der Waals surface area contributed by atoms with Crippen LogP contribution in [0.3, 0.4) is 0 Å². The van der Waals surface area contributed by atoms with Crippen LogP contribution >= 0.6 is 0 Å². The summed E-state index contributed by atoms with van der Waals surface area (Å²) in [6, 6.07) is 0. The normalized spacial score (nSPS) is 22.3. The molecule has 0 saturated heterocycles. The fraction of sp³-hybridized carbons (Fsp3) is 0.194. The number of allylic oxidation sites excluding steroid dienone is 25. The van der Waals surface area contributed by atoms with E-state index >= 15 is 0 Å². The zero-order chi connectivity index (χ0) is 24.2. The summed E-state index contributed by atoms with van der Waals surface area (Å²) in [5.41, 5.74) is 6.19. The lowest BCUT2D eigenvalue weighted by Crippen LogP contribution is -2.37. The Labute approximate surface area is 215 Å². The lowest BCUT2D eigenvalue weighted by molar-refractivity contribution is 0.332. The Morgan fingerprint density at radius 2 is 0.833 bits per heavy atom.